The van der Waals surface area contributed by atoms with Gasteiger partial charge in [0.05, 0.1) is 0 Å². The van der Waals surface area contributed by atoms with Gasteiger partial charge in [0.25, 0.3) is 0 Å². The molecule has 102 valence electrons. The van der Waals surface area contributed by atoms with E-state index in [2.05, 4.69) is 12.1 Å². The topological polar surface area (TPSA) is 57.6 Å². The monoisotopic (exact) mass is 261 g/mol. The first-order valence-electron chi connectivity index (χ1n) is 6.52. The first kappa shape index (κ1) is 13.6. The molecule has 0 saturated heterocycles. The number of nitrogens with zero attached hydrogens (tertiary/aromatic N) is 1. The highest BCUT2D eigenvalue weighted by atomic mass is 16.4. The maximum absolute atomic E-state index is 12.3. The van der Waals surface area contributed by atoms with E-state index in [1.165, 1.54) is 25.0 Å². The van der Waals surface area contributed by atoms with E-state index in [4.69, 9.17) is 5.11 Å². The molecule has 1 aliphatic heterocycles. The summed E-state index contributed by atoms with van der Waals surface area (Å²) in [6.45, 7) is 4.12. The lowest BCUT2D eigenvalue weighted by Gasteiger charge is -2.28. The first-order valence-corrected chi connectivity index (χ1v) is 6.52. The Morgan fingerprint density at radius 3 is 2.00 bits per heavy atom. The van der Waals surface area contributed by atoms with Crippen molar-refractivity contribution in [3.05, 3.63) is 35.4 Å². The fourth-order valence-corrected chi connectivity index (χ4v) is 2.36. The maximum atomic E-state index is 12.3. The van der Waals surface area contributed by atoms with Crippen molar-refractivity contribution in [3.8, 4) is 0 Å². The number of fused-ring (bicyclic) bond motifs is 1. The van der Waals surface area contributed by atoms with E-state index in [0.29, 0.717) is 13.1 Å². The molecule has 19 heavy (non-hydrogen) atoms. The number of aliphatic carboxylic acids is 1. The lowest BCUT2D eigenvalue weighted by molar-refractivity contribution is -0.158. The summed E-state index contributed by atoms with van der Waals surface area (Å²) in [4.78, 5) is 25.1. The van der Waals surface area contributed by atoms with E-state index < -0.39 is 11.4 Å². The van der Waals surface area contributed by atoms with E-state index in [9.17, 15) is 9.59 Å². The van der Waals surface area contributed by atoms with E-state index in [1.54, 1.807) is 4.90 Å². The second-order valence-corrected chi connectivity index (χ2v) is 5.49. The van der Waals surface area contributed by atoms with Gasteiger partial charge in [-0.25, -0.2) is 0 Å². The van der Waals surface area contributed by atoms with Crippen molar-refractivity contribution in [3.63, 3.8) is 0 Å². The normalized spacial score (nSPS) is 15.6. The van der Waals surface area contributed by atoms with Crippen LogP contribution in [-0.2, 0) is 22.4 Å². The van der Waals surface area contributed by atoms with Gasteiger partial charge in [-0.1, -0.05) is 24.3 Å². The van der Waals surface area contributed by atoms with Crippen molar-refractivity contribution >= 4 is 11.9 Å². The number of benzene rings is 1. The Morgan fingerprint density at radius 2 is 1.58 bits per heavy atom. The van der Waals surface area contributed by atoms with Crippen LogP contribution in [0.2, 0.25) is 0 Å². The summed E-state index contributed by atoms with van der Waals surface area (Å²) in [5, 5.41) is 9.14. The summed E-state index contributed by atoms with van der Waals surface area (Å²) in [6, 6.07) is 8.15. The van der Waals surface area contributed by atoms with Crippen LogP contribution in [0, 0.1) is 5.41 Å². The van der Waals surface area contributed by atoms with Crippen LogP contribution < -0.4 is 0 Å². The van der Waals surface area contributed by atoms with Gasteiger partial charge in [0.1, 0.15) is 5.41 Å². The first-order chi connectivity index (χ1) is 8.93. The lowest BCUT2D eigenvalue weighted by atomic mass is 9.91. The summed E-state index contributed by atoms with van der Waals surface area (Å²) < 4.78 is 0. The molecule has 1 amide bonds. The van der Waals surface area contributed by atoms with Crippen molar-refractivity contribution in [1.82, 2.24) is 4.90 Å². The number of hydrogen-bond acceptors (Lipinski definition) is 2. The molecule has 1 heterocycles. The fraction of sp³-hybridized carbons (Fsp3) is 0.467. The van der Waals surface area contributed by atoms with Gasteiger partial charge in [-0.2, -0.15) is 0 Å². The van der Waals surface area contributed by atoms with Gasteiger partial charge in [-0.05, 0) is 37.8 Å². The molecule has 4 nitrogen and oxygen atoms in total. The highest BCUT2D eigenvalue weighted by Gasteiger charge is 2.39. The molecule has 1 N–H and O–H groups in total. The minimum atomic E-state index is -1.35. The van der Waals surface area contributed by atoms with Crippen molar-refractivity contribution in [2.24, 2.45) is 5.41 Å². The molecule has 0 bridgehead atoms. The average Bonchev–Trinajstić information content (AvgIpc) is 2.60. The van der Waals surface area contributed by atoms with Crippen molar-refractivity contribution < 1.29 is 14.7 Å². The second-order valence-electron chi connectivity index (χ2n) is 5.49. The Morgan fingerprint density at radius 1 is 1.11 bits per heavy atom. The Kier molecular flexibility index (Phi) is 3.60. The number of hydrogen-bond donors (Lipinski definition) is 1. The highest BCUT2D eigenvalue weighted by molar-refractivity contribution is 6.01. The van der Waals surface area contributed by atoms with Crippen molar-refractivity contribution in [1.29, 1.82) is 0 Å². The number of amides is 1. The standard InChI is InChI=1S/C15H19NO3/c1-15(2,14(18)19)13(17)16-9-7-11-5-3-4-6-12(11)8-10-16/h3-6H,7-10H2,1-2H3,(H,18,19). The summed E-state index contributed by atoms with van der Waals surface area (Å²) in [7, 11) is 0. The number of carbonyl (C=O) groups excluding carboxylic acids is 1. The smallest absolute Gasteiger partial charge is 0.318 e. The molecule has 0 spiro atoms. The van der Waals surface area contributed by atoms with Crippen LogP contribution in [0.25, 0.3) is 0 Å². The van der Waals surface area contributed by atoms with Crippen LogP contribution in [0.5, 0.6) is 0 Å². The summed E-state index contributed by atoms with van der Waals surface area (Å²) in [5.41, 5.74) is 1.16. The third-order valence-electron chi connectivity index (χ3n) is 3.78. The van der Waals surface area contributed by atoms with Crippen LogP contribution in [0.4, 0.5) is 0 Å². The SMILES string of the molecule is CC(C)(C(=O)O)C(=O)N1CCc2ccccc2CC1. The third-order valence-corrected chi connectivity index (χ3v) is 3.78. The van der Waals surface area contributed by atoms with Crippen LogP contribution in [-0.4, -0.2) is 35.0 Å². The van der Waals surface area contributed by atoms with Crippen molar-refractivity contribution in [2.75, 3.05) is 13.1 Å². The van der Waals surface area contributed by atoms with Crippen LogP contribution >= 0.6 is 0 Å². The van der Waals surface area contributed by atoms with E-state index in [1.807, 2.05) is 12.1 Å². The maximum Gasteiger partial charge on any atom is 0.318 e. The number of carboxylic acids is 1. The predicted molar refractivity (Wildman–Crippen MR) is 71.8 cm³/mol. The lowest BCUT2D eigenvalue weighted by Crippen LogP contribution is -2.46. The Bertz CT molecular complexity index is 481. The molecule has 0 unspecified atom stereocenters. The Labute approximate surface area is 113 Å². The zero-order chi connectivity index (χ0) is 14.0. The molecule has 0 radical (unpaired) electrons. The molecule has 0 aromatic heterocycles. The zero-order valence-electron chi connectivity index (χ0n) is 11.3. The van der Waals surface area contributed by atoms with E-state index >= 15 is 0 Å². The largest absolute Gasteiger partial charge is 0.480 e. The van der Waals surface area contributed by atoms with Gasteiger partial charge in [0.15, 0.2) is 0 Å². The van der Waals surface area contributed by atoms with Crippen LogP contribution in [0.15, 0.2) is 24.3 Å². The van der Waals surface area contributed by atoms with Gasteiger partial charge in [0, 0.05) is 13.1 Å². The molecule has 0 saturated carbocycles. The number of carboxylic acid groups (broad SMARTS) is 1. The van der Waals surface area contributed by atoms with Crippen LogP contribution in [0.1, 0.15) is 25.0 Å². The van der Waals surface area contributed by atoms with Gasteiger partial charge in [-0.15, -0.1) is 0 Å². The predicted octanol–water partition coefficient (Wildman–Crippen LogP) is 1.72. The Balaban J connectivity index is 2.14. The van der Waals surface area contributed by atoms with E-state index in [0.717, 1.165) is 12.8 Å². The molecule has 0 aliphatic carbocycles. The van der Waals surface area contributed by atoms with Gasteiger partial charge in [0.2, 0.25) is 5.91 Å². The summed E-state index contributed by atoms with van der Waals surface area (Å²) >= 11 is 0. The highest BCUT2D eigenvalue weighted by Crippen LogP contribution is 2.22. The van der Waals surface area contributed by atoms with E-state index in [-0.39, 0.29) is 5.91 Å². The molecular weight excluding hydrogens is 242 g/mol. The summed E-state index contributed by atoms with van der Waals surface area (Å²) in [6.07, 6.45) is 1.58. The van der Waals surface area contributed by atoms with Gasteiger partial charge >= 0.3 is 5.97 Å². The fourth-order valence-electron chi connectivity index (χ4n) is 2.36. The number of rotatable bonds is 2. The Hall–Kier alpha value is -1.84. The molecule has 1 aliphatic rings. The quantitative estimate of drug-likeness (QED) is 0.825. The molecule has 2 rings (SSSR count). The molecule has 1 aromatic carbocycles. The molecule has 0 fully saturated rings. The van der Waals surface area contributed by atoms with Crippen molar-refractivity contribution in [2.45, 2.75) is 26.7 Å². The average molecular weight is 261 g/mol. The zero-order valence-corrected chi connectivity index (χ0v) is 11.3. The third kappa shape index (κ3) is 2.62. The summed E-state index contributed by atoms with van der Waals surface area (Å²) in [5.74, 6) is -1.37. The van der Waals surface area contributed by atoms with Gasteiger partial charge in [-0.3, -0.25) is 9.59 Å². The molecule has 1 aromatic rings. The van der Waals surface area contributed by atoms with Crippen LogP contribution in [0.3, 0.4) is 0 Å². The molecule has 0 atom stereocenters. The van der Waals surface area contributed by atoms with Gasteiger partial charge < -0.3 is 10.0 Å². The molecular formula is C15H19NO3. The number of carbonyl (C=O) groups is 2. The second kappa shape index (κ2) is 5.03. The minimum Gasteiger partial charge on any atom is -0.480 e. The minimum absolute atomic E-state index is 0.298. The molecule has 4 heteroatoms.